The smallest absolute Gasteiger partial charge is 0.269 e. The van der Waals surface area contributed by atoms with Gasteiger partial charge in [-0.1, -0.05) is 12.1 Å². The standard InChI is InChI=1S/C17H16N4O4/c1-24-15-7-13-14(8-16(15)25-2)19-10-20-17(13)18-9-11-4-3-5-12(6-11)21(22)23/h3-8,10H,9H2,1-2H3,(H,18,19,20). The highest BCUT2D eigenvalue weighted by Gasteiger charge is 2.11. The molecule has 0 amide bonds. The lowest BCUT2D eigenvalue weighted by Crippen LogP contribution is -2.03. The zero-order chi connectivity index (χ0) is 17.8. The van der Waals surface area contributed by atoms with Crippen LogP contribution in [0.15, 0.2) is 42.7 Å². The van der Waals surface area contributed by atoms with Crippen molar-refractivity contribution in [3.05, 3.63) is 58.4 Å². The average molecular weight is 340 g/mol. The predicted octanol–water partition coefficient (Wildman–Crippen LogP) is 3.17. The van der Waals surface area contributed by atoms with Gasteiger partial charge in [-0.2, -0.15) is 0 Å². The number of nitrogens with zero attached hydrogens (tertiary/aromatic N) is 3. The summed E-state index contributed by atoms with van der Waals surface area (Å²) in [5.41, 5.74) is 1.54. The molecule has 8 heteroatoms. The molecule has 0 aliphatic rings. The Balaban J connectivity index is 1.91. The third kappa shape index (κ3) is 3.42. The molecule has 0 saturated heterocycles. The molecule has 0 atom stereocenters. The minimum Gasteiger partial charge on any atom is -0.493 e. The number of nitro benzene ring substituents is 1. The fraction of sp³-hybridized carbons (Fsp3) is 0.176. The number of non-ortho nitro benzene ring substituents is 1. The van der Waals surface area contributed by atoms with Gasteiger partial charge in [0.15, 0.2) is 11.5 Å². The first-order valence-electron chi connectivity index (χ1n) is 7.46. The molecule has 25 heavy (non-hydrogen) atoms. The van der Waals surface area contributed by atoms with Crippen molar-refractivity contribution >= 4 is 22.4 Å². The summed E-state index contributed by atoms with van der Waals surface area (Å²) in [6, 6.07) is 10.0. The minimum absolute atomic E-state index is 0.0539. The normalized spacial score (nSPS) is 10.5. The van der Waals surface area contributed by atoms with E-state index in [-0.39, 0.29) is 5.69 Å². The van der Waals surface area contributed by atoms with E-state index >= 15 is 0 Å². The Kier molecular flexibility index (Phi) is 4.60. The molecule has 0 aliphatic heterocycles. The Hall–Kier alpha value is -3.42. The van der Waals surface area contributed by atoms with Gasteiger partial charge in [0.2, 0.25) is 0 Å². The van der Waals surface area contributed by atoms with Crippen LogP contribution in [-0.2, 0) is 6.54 Å². The molecule has 1 heterocycles. The average Bonchev–Trinajstić information content (AvgIpc) is 2.65. The number of hydrogen-bond acceptors (Lipinski definition) is 7. The third-order valence-electron chi connectivity index (χ3n) is 3.72. The van der Waals surface area contributed by atoms with E-state index < -0.39 is 4.92 Å². The molecule has 128 valence electrons. The summed E-state index contributed by atoms with van der Waals surface area (Å²) in [4.78, 5) is 19.0. The number of anilines is 1. The van der Waals surface area contributed by atoms with E-state index in [1.165, 1.54) is 18.5 Å². The lowest BCUT2D eigenvalue weighted by atomic mass is 10.2. The van der Waals surface area contributed by atoms with Crippen molar-refractivity contribution in [3.63, 3.8) is 0 Å². The van der Waals surface area contributed by atoms with Crippen molar-refractivity contribution in [1.29, 1.82) is 0 Å². The van der Waals surface area contributed by atoms with Crippen LogP contribution in [0, 0.1) is 10.1 Å². The topological polar surface area (TPSA) is 99.4 Å². The highest BCUT2D eigenvalue weighted by atomic mass is 16.6. The van der Waals surface area contributed by atoms with E-state index in [0.29, 0.717) is 29.4 Å². The fourth-order valence-electron chi connectivity index (χ4n) is 2.49. The number of aromatic nitrogens is 2. The van der Waals surface area contributed by atoms with Crippen molar-refractivity contribution in [2.45, 2.75) is 6.54 Å². The van der Waals surface area contributed by atoms with E-state index in [2.05, 4.69) is 15.3 Å². The summed E-state index contributed by atoms with van der Waals surface area (Å²) in [5.74, 6) is 1.76. The number of rotatable bonds is 6. The van der Waals surface area contributed by atoms with Crippen LogP contribution >= 0.6 is 0 Å². The molecule has 3 aromatic rings. The van der Waals surface area contributed by atoms with Gasteiger partial charge in [0.1, 0.15) is 12.1 Å². The number of nitro groups is 1. The Bertz CT molecular complexity index is 930. The quantitative estimate of drug-likeness (QED) is 0.543. The van der Waals surface area contributed by atoms with Crippen molar-refractivity contribution < 1.29 is 14.4 Å². The van der Waals surface area contributed by atoms with Gasteiger partial charge in [-0.3, -0.25) is 10.1 Å². The van der Waals surface area contributed by atoms with E-state index in [0.717, 1.165) is 10.9 Å². The molecule has 2 aromatic carbocycles. The maximum atomic E-state index is 10.9. The molecule has 0 spiro atoms. The number of fused-ring (bicyclic) bond motifs is 1. The summed E-state index contributed by atoms with van der Waals surface area (Å²) in [7, 11) is 3.12. The van der Waals surface area contributed by atoms with Crippen LogP contribution in [0.2, 0.25) is 0 Å². The Morgan fingerprint density at radius 2 is 1.88 bits per heavy atom. The first-order chi connectivity index (χ1) is 12.1. The van der Waals surface area contributed by atoms with Crippen molar-refractivity contribution in [1.82, 2.24) is 9.97 Å². The van der Waals surface area contributed by atoms with Crippen molar-refractivity contribution in [2.24, 2.45) is 0 Å². The van der Waals surface area contributed by atoms with Crippen LogP contribution in [0.3, 0.4) is 0 Å². The second-order valence-corrected chi connectivity index (χ2v) is 5.23. The summed E-state index contributed by atoms with van der Waals surface area (Å²) in [6.07, 6.45) is 1.45. The van der Waals surface area contributed by atoms with Gasteiger partial charge >= 0.3 is 0 Å². The van der Waals surface area contributed by atoms with Crippen LogP contribution < -0.4 is 14.8 Å². The van der Waals surface area contributed by atoms with Gasteiger partial charge in [0.05, 0.1) is 24.7 Å². The van der Waals surface area contributed by atoms with Crippen LogP contribution in [0.4, 0.5) is 11.5 Å². The molecule has 0 fully saturated rings. The van der Waals surface area contributed by atoms with Crippen LogP contribution in [0.5, 0.6) is 11.5 Å². The maximum absolute atomic E-state index is 10.9. The van der Waals surface area contributed by atoms with E-state index in [1.54, 1.807) is 32.4 Å². The Morgan fingerprint density at radius 1 is 1.12 bits per heavy atom. The largest absolute Gasteiger partial charge is 0.493 e. The molecule has 3 rings (SSSR count). The second-order valence-electron chi connectivity index (χ2n) is 5.23. The Labute approximate surface area is 143 Å². The molecule has 1 N–H and O–H groups in total. The first-order valence-corrected chi connectivity index (χ1v) is 7.46. The van der Waals surface area contributed by atoms with Gasteiger partial charge in [-0.25, -0.2) is 9.97 Å². The Morgan fingerprint density at radius 3 is 2.60 bits per heavy atom. The lowest BCUT2D eigenvalue weighted by molar-refractivity contribution is -0.384. The zero-order valence-corrected chi connectivity index (χ0v) is 13.7. The van der Waals surface area contributed by atoms with Gasteiger partial charge in [0.25, 0.3) is 5.69 Å². The fourth-order valence-corrected chi connectivity index (χ4v) is 2.49. The minimum atomic E-state index is -0.416. The molecular formula is C17H16N4O4. The van der Waals surface area contributed by atoms with Crippen molar-refractivity contribution in [3.8, 4) is 11.5 Å². The monoisotopic (exact) mass is 340 g/mol. The van der Waals surface area contributed by atoms with Crippen molar-refractivity contribution in [2.75, 3.05) is 19.5 Å². The number of ether oxygens (including phenoxy) is 2. The predicted molar refractivity (Wildman–Crippen MR) is 93.1 cm³/mol. The third-order valence-corrected chi connectivity index (χ3v) is 3.72. The number of benzene rings is 2. The molecule has 0 aliphatic carbocycles. The number of hydrogen-bond donors (Lipinski definition) is 1. The summed E-state index contributed by atoms with van der Waals surface area (Å²) in [5, 5.41) is 14.8. The lowest BCUT2D eigenvalue weighted by Gasteiger charge is -2.12. The molecular weight excluding hydrogens is 324 g/mol. The van der Waals surface area contributed by atoms with E-state index in [9.17, 15) is 10.1 Å². The van der Waals surface area contributed by atoms with Crippen LogP contribution in [0.25, 0.3) is 10.9 Å². The summed E-state index contributed by atoms with van der Waals surface area (Å²) >= 11 is 0. The van der Waals surface area contributed by atoms with E-state index in [1.807, 2.05) is 6.07 Å². The molecule has 8 nitrogen and oxygen atoms in total. The molecule has 1 aromatic heterocycles. The molecule has 0 unspecified atom stereocenters. The highest BCUT2D eigenvalue weighted by Crippen LogP contribution is 2.33. The van der Waals surface area contributed by atoms with Gasteiger partial charge in [0, 0.05) is 30.1 Å². The van der Waals surface area contributed by atoms with E-state index in [4.69, 9.17) is 9.47 Å². The maximum Gasteiger partial charge on any atom is 0.269 e. The van der Waals surface area contributed by atoms with Gasteiger partial charge in [-0.05, 0) is 11.6 Å². The van der Waals surface area contributed by atoms with Gasteiger partial charge in [-0.15, -0.1) is 0 Å². The highest BCUT2D eigenvalue weighted by molar-refractivity contribution is 5.91. The van der Waals surface area contributed by atoms with Crippen LogP contribution in [0.1, 0.15) is 5.56 Å². The zero-order valence-electron chi connectivity index (χ0n) is 13.7. The van der Waals surface area contributed by atoms with Crippen LogP contribution in [-0.4, -0.2) is 29.1 Å². The number of methoxy groups -OCH3 is 2. The summed E-state index contributed by atoms with van der Waals surface area (Å²) in [6.45, 7) is 0.391. The molecule has 0 bridgehead atoms. The SMILES string of the molecule is COc1cc2ncnc(NCc3cccc([N+](=O)[O-])c3)c2cc1OC. The first kappa shape index (κ1) is 16.4. The molecule has 0 radical (unpaired) electrons. The molecule has 0 saturated carbocycles. The number of nitrogens with one attached hydrogen (secondary N) is 1. The van der Waals surface area contributed by atoms with Gasteiger partial charge < -0.3 is 14.8 Å². The second kappa shape index (κ2) is 7.00. The summed E-state index contributed by atoms with van der Waals surface area (Å²) < 4.78 is 10.6.